The summed E-state index contributed by atoms with van der Waals surface area (Å²) >= 11 is 0. The van der Waals surface area contributed by atoms with E-state index >= 15 is 0 Å². The average Bonchev–Trinajstić information content (AvgIpc) is 1.68. The molecule has 4 nitrogen and oxygen atoms in total. The van der Waals surface area contributed by atoms with Gasteiger partial charge >= 0.3 is 0 Å². The summed E-state index contributed by atoms with van der Waals surface area (Å²) in [5, 5.41) is 15.8. The Balaban J connectivity index is 0. The number of aliphatic hydroxyl groups is 2. The summed E-state index contributed by atoms with van der Waals surface area (Å²) < 4.78 is 10.0. The summed E-state index contributed by atoms with van der Waals surface area (Å²) in [6.07, 6.45) is -1.69. The minimum atomic E-state index is -3.54. The molecule has 0 saturated heterocycles. The van der Waals surface area contributed by atoms with E-state index in [0.29, 0.717) is 0 Å². The number of hydrogen-bond acceptors (Lipinski definition) is 3. The summed E-state index contributed by atoms with van der Waals surface area (Å²) in [5.41, 5.74) is 0. The molecule has 0 aromatic heterocycles. The molecular formula is C2H10AlO4P. The van der Waals surface area contributed by atoms with Gasteiger partial charge in [0.05, 0.1) is 0 Å². The van der Waals surface area contributed by atoms with Crippen LogP contribution in [0, 0.1) is 0 Å². The summed E-state index contributed by atoms with van der Waals surface area (Å²) in [6.45, 7) is 0. The Bertz CT molecular complexity index is 86.0. The van der Waals surface area contributed by atoms with Crippen molar-refractivity contribution in [1.29, 1.82) is 0 Å². The molecule has 0 aliphatic heterocycles. The summed E-state index contributed by atoms with van der Waals surface area (Å²) in [6, 6.07) is 0. The van der Waals surface area contributed by atoms with E-state index in [-0.39, 0.29) is 17.4 Å². The van der Waals surface area contributed by atoms with Crippen LogP contribution in [0.4, 0.5) is 0 Å². The molecule has 0 spiro atoms. The van der Waals surface area contributed by atoms with E-state index in [0.717, 1.165) is 0 Å². The van der Waals surface area contributed by atoms with Gasteiger partial charge in [0.2, 0.25) is 7.37 Å². The topological polar surface area (TPSA) is 77.8 Å². The molecule has 8 heavy (non-hydrogen) atoms. The SMILES string of the molecule is O=P(O)(CO)CO.[AlH3]. The Kier molecular flexibility index (Phi) is 6.46. The quantitative estimate of drug-likeness (QED) is 0.318. The van der Waals surface area contributed by atoms with E-state index in [2.05, 4.69) is 0 Å². The zero-order valence-corrected chi connectivity index (χ0v) is 4.51. The minimum absolute atomic E-state index is 0. The average molecular weight is 156 g/mol. The highest BCUT2D eigenvalue weighted by atomic mass is 31.2. The summed E-state index contributed by atoms with van der Waals surface area (Å²) in [7, 11) is -3.54. The van der Waals surface area contributed by atoms with Crippen LogP contribution >= 0.6 is 7.37 Å². The van der Waals surface area contributed by atoms with Crippen LogP contribution in [0.1, 0.15) is 0 Å². The van der Waals surface area contributed by atoms with Crippen LogP contribution in [-0.4, -0.2) is 45.2 Å². The summed E-state index contributed by atoms with van der Waals surface area (Å²) in [5.74, 6) is 0. The van der Waals surface area contributed by atoms with E-state index in [1.165, 1.54) is 0 Å². The second-order valence-corrected chi connectivity index (χ2v) is 3.39. The van der Waals surface area contributed by atoms with Gasteiger partial charge in [-0.05, 0) is 0 Å². The molecule has 50 valence electrons. The second-order valence-electron chi connectivity index (χ2n) is 1.13. The van der Waals surface area contributed by atoms with Crippen LogP contribution in [0.3, 0.4) is 0 Å². The van der Waals surface area contributed by atoms with Gasteiger partial charge in [-0.25, -0.2) is 0 Å². The van der Waals surface area contributed by atoms with Gasteiger partial charge in [-0.1, -0.05) is 0 Å². The van der Waals surface area contributed by atoms with E-state index < -0.39 is 20.1 Å². The zero-order chi connectivity index (χ0) is 5.91. The van der Waals surface area contributed by atoms with Crippen LogP contribution in [0.25, 0.3) is 0 Å². The third kappa shape index (κ3) is 4.79. The molecule has 0 amide bonds. The number of rotatable bonds is 2. The Labute approximate surface area is 57.7 Å². The monoisotopic (exact) mass is 156 g/mol. The highest BCUT2D eigenvalue weighted by Gasteiger charge is 2.12. The highest BCUT2D eigenvalue weighted by molar-refractivity contribution is 7.57. The van der Waals surface area contributed by atoms with Gasteiger partial charge in [-0.2, -0.15) is 0 Å². The molecular weight excluding hydrogens is 146 g/mol. The van der Waals surface area contributed by atoms with Gasteiger partial charge in [-0.3, -0.25) is 4.57 Å². The largest absolute Gasteiger partial charge is 0.386 e. The van der Waals surface area contributed by atoms with Crippen molar-refractivity contribution in [3.05, 3.63) is 0 Å². The molecule has 0 bridgehead atoms. The fraction of sp³-hybridized carbons (Fsp3) is 1.00. The molecule has 0 radical (unpaired) electrons. The molecule has 0 aromatic rings. The first-order chi connectivity index (χ1) is 3.12. The molecule has 0 heterocycles. The Morgan fingerprint density at radius 2 is 1.50 bits per heavy atom. The predicted octanol–water partition coefficient (Wildman–Crippen LogP) is -2.03. The lowest BCUT2D eigenvalue weighted by molar-refractivity contribution is 0.293. The lowest BCUT2D eigenvalue weighted by atomic mass is 11.7. The third-order valence-electron chi connectivity index (χ3n) is 0.442. The van der Waals surface area contributed by atoms with Crippen LogP contribution in [-0.2, 0) is 4.57 Å². The smallest absolute Gasteiger partial charge is 0.249 e. The lowest BCUT2D eigenvalue weighted by Crippen LogP contribution is -1.90. The molecule has 0 rings (SSSR count). The molecule has 3 N–H and O–H groups in total. The van der Waals surface area contributed by atoms with Crippen LogP contribution < -0.4 is 0 Å². The molecule has 6 heteroatoms. The fourth-order valence-electron chi connectivity index (χ4n) is 0.0447. The Morgan fingerprint density at radius 1 is 1.25 bits per heavy atom. The highest BCUT2D eigenvalue weighted by Crippen LogP contribution is 2.36. The molecule has 0 aliphatic rings. The maximum Gasteiger partial charge on any atom is 0.249 e. The standard InChI is InChI=1S/C2H7O4P.Al.3H/c3-1-7(5,6)2-4;;;;/h3-4H,1-2H2,(H,5,6);;;;. The van der Waals surface area contributed by atoms with Gasteiger partial charge in [0, 0.05) is 0 Å². The predicted molar refractivity (Wildman–Crippen MR) is 33.9 cm³/mol. The molecule has 0 saturated carbocycles. The van der Waals surface area contributed by atoms with E-state index in [1.54, 1.807) is 0 Å². The van der Waals surface area contributed by atoms with Crippen molar-refractivity contribution in [3.63, 3.8) is 0 Å². The van der Waals surface area contributed by atoms with Crippen molar-refractivity contribution >= 4 is 24.7 Å². The van der Waals surface area contributed by atoms with E-state index in [1.807, 2.05) is 0 Å². The number of aliphatic hydroxyl groups excluding tert-OH is 2. The van der Waals surface area contributed by atoms with Crippen LogP contribution in [0.15, 0.2) is 0 Å². The lowest BCUT2D eigenvalue weighted by Gasteiger charge is -1.99. The first kappa shape index (κ1) is 11.4. The molecule has 0 fully saturated rings. The van der Waals surface area contributed by atoms with Crippen molar-refractivity contribution in [3.8, 4) is 0 Å². The van der Waals surface area contributed by atoms with Gasteiger partial charge < -0.3 is 15.1 Å². The van der Waals surface area contributed by atoms with Crippen LogP contribution in [0.2, 0.25) is 0 Å². The maximum absolute atomic E-state index is 10.0. The normalized spacial score (nSPS) is 10.4. The molecule has 0 aliphatic carbocycles. The molecule has 0 unspecified atom stereocenters. The van der Waals surface area contributed by atoms with Gasteiger partial charge in [0.1, 0.15) is 12.7 Å². The van der Waals surface area contributed by atoms with Crippen LogP contribution in [0.5, 0.6) is 0 Å². The molecule has 0 aromatic carbocycles. The van der Waals surface area contributed by atoms with Crippen molar-refractivity contribution in [2.75, 3.05) is 12.7 Å². The van der Waals surface area contributed by atoms with E-state index in [9.17, 15) is 4.57 Å². The fourth-order valence-corrected chi connectivity index (χ4v) is 0.134. The van der Waals surface area contributed by atoms with Crippen molar-refractivity contribution in [2.24, 2.45) is 0 Å². The van der Waals surface area contributed by atoms with Gasteiger partial charge in [-0.15, -0.1) is 0 Å². The zero-order valence-electron chi connectivity index (χ0n) is 3.61. The summed E-state index contributed by atoms with van der Waals surface area (Å²) in [4.78, 5) is 8.19. The number of hydrogen-bond donors (Lipinski definition) is 3. The second kappa shape index (κ2) is 4.51. The Hall–Kier alpha value is 0.642. The van der Waals surface area contributed by atoms with Crippen molar-refractivity contribution in [2.45, 2.75) is 0 Å². The molecule has 0 atom stereocenters. The van der Waals surface area contributed by atoms with Crippen molar-refractivity contribution in [1.82, 2.24) is 0 Å². The van der Waals surface area contributed by atoms with Gasteiger partial charge in [0.15, 0.2) is 17.4 Å². The van der Waals surface area contributed by atoms with E-state index in [4.69, 9.17) is 15.1 Å². The first-order valence-corrected chi connectivity index (χ1v) is 3.68. The third-order valence-corrected chi connectivity index (χ3v) is 1.33. The Morgan fingerprint density at radius 3 is 1.50 bits per heavy atom. The minimum Gasteiger partial charge on any atom is -0.386 e. The van der Waals surface area contributed by atoms with Crippen molar-refractivity contribution < 1.29 is 19.7 Å². The first-order valence-electron chi connectivity index (χ1n) is 1.65. The van der Waals surface area contributed by atoms with Gasteiger partial charge in [0.25, 0.3) is 0 Å². The maximum atomic E-state index is 10.0.